The molecule has 0 aliphatic rings. The van der Waals surface area contributed by atoms with Crippen LogP contribution in [-0.2, 0) is 4.79 Å². The first kappa shape index (κ1) is 16.5. The van der Waals surface area contributed by atoms with Gasteiger partial charge in [0.2, 0.25) is 5.89 Å². The highest BCUT2D eigenvalue weighted by atomic mass is 79.9. The minimum Gasteiger partial charge on any atom is -0.477 e. The van der Waals surface area contributed by atoms with E-state index in [0.717, 1.165) is 21.8 Å². The second-order valence-corrected chi connectivity index (χ2v) is 6.62. The highest BCUT2D eigenvalue weighted by Crippen LogP contribution is 2.30. The van der Waals surface area contributed by atoms with E-state index in [1.54, 1.807) is 19.1 Å². The van der Waals surface area contributed by atoms with Gasteiger partial charge in [-0.25, -0.2) is 4.79 Å². The zero-order valence-corrected chi connectivity index (χ0v) is 14.8. The van der Waals surface area contributed by atoms with Gasteiger partial charge in [0.15, 0.2) is 0 Å². The average molecular weight is 407 g/mol. The summed E-state index contributed by atoms with van der Waals surface area (Å²) in [5.41, 5.74) is 0.890. The molecule has 0 bridgehead atoms. The van der Waals surface area contributed by atoms with Gasteiger partial charge in [0.1, 0.15) is 16.4 Å². The SMILES string of the molecule is Cc1nnc(S/C(=C/c2ccc(-c3cccc(Br)c3)o2)C(=O)O)o1. The van der Waals surface area contributed by atoms with Crippen LogP contribution in [0.4, 0.5) is 0 Å². The van der Waals surface area contributed by atoms with Gasteiger partial charge in [-0.05, 0) is 36.0 Å². The van der Waals surface area contributed by atoms with Crippen LogP contribution in [0.2, 0.25) is 0 Å². The molecule has 0 saturated heterocycles. The molecular weight excluding hydrogens is 396 g/mol. The van der Waals surface area contributed by atoms with Crippen molar-refractivity contribution in [3.63, 3.8) is 0 Å². The van der Waals surface area contributed by atoms with Crippen molar-refractivity contribution in [3.8, 4) is 11.3 Å². The Morgan fingerprint density at radius 2 is 2.08 bits per heavy atom. The molecule has 2 aromatic heterocycles. The van der Waals surface area contributed by atoms with Gasteiger partial charge in [0.05, 0.1) is 0 Å². The van der Waals surface area contributed by atoms with E-state index in [2.05, 4.69) is 26.1 Å². The molecule has 0 fully saturated rings. The lowest BCUT2D eigenvalue weighted by Crippen LogP contribution is -1.96. The van der Waals surface area contributed by atoms with Crippen LogP contribution in [0.5, 0.6) is 0 Å². The van der Waals surface area contributed by atoms with Crippen LogP contribution in [-0.4, -0.2) is 21.3 Å². The molecule has 2 heterocycles. The molecule has 0 aliphatic heterocycles. The van der Waals surface area contributed by atoms with Crippen LogP contribution in [0, 0.1) is 6.92 Å². The number of carboxylic acid groups (broad SMARTS) is 1. The molecule has 0 spiro atoms. The molecule has 3 rings (SSSR count). The summed E-state index contributed by atoms with van der Waals surface area (Å²) in [6.07, 6.45) is 1.42. The number of thioether (sulfide) groups is 1. The summed E-state index contributed by atoms with van der Waals surface area (Å²) in [5, 5.41) is 17.0. The molecule has 0 unspecified atom stereocenters. The quantitative estimate of drug-likeness (QED) is 0.488. The van der Waals surface area contributed by atoms with Gasteiger partial charge in [-0.1, -0.05) is 28.1 Å². The van der Waals surface area contributed by atoms with Gasteiger partial charge in [0, 0.05) is 23.0 Å². The van der Waals surface area contributed by atoms with Gasteiger partial charge in [0.25, 0.3) is 5.22 Å². The molecule has 0 amide bonds. The minimum atomic E-state index is -1.10. The van der Waals surface area contributed by atoms with Crippen molar-refractivity contribution in [1.82, 2.24) is 10.2 Å². The van der Waals surface area contributed by atoms with Crippen LogP contribution in [0.25, 0.3) is 17.4 Å². The molecule has 24 heavy (non-hydrogen) atoms. The standard InChI is InChI=1S/C16H11BrN2O4S/c1-9-18-19-16(22-9)24-14(15(20)21)8-12-5-6-13(23-12)10-3-2-4-11(17)7-10/h2-8H,1H3,(H,20,21)/b14-8+. The molecule has 0 atom stereocenters. The second kappa shape index (κ2) is 7.06. The summed E-state index contributed by atoms with van der Waals surface area (Å²) in [4.78, 5) is 11.4. The number of rotatable bonds is 5. The normalized spacial score (nSPS) is 11.7. The Balaban J connectivity index is 1.86. The summed E-state index contributed by atoms with van der Waals surface area (Å²) in [5.74, 6) is 0.338. The van der Waals surface area contributed by atoms with Crippen LogP contribution < -0.4 is 0 Å². The number of furan rings is 1. The molecule has 6 nitrogen and oxygen atoms in total. The minimum absolute atomic E-state index is 0.0220. The molecule has 3 aromatic rings. The predicted octanol–water partition coefficient (Wildman–Crippen LogP) is 4.62. The van der Waals surface area contributed by atoms with E-state index < -0.39 is 5.97 Å². The van der Waals surface area contributed by atoms with Crippen LogP contribution in [0.15, 0.2) is 59.8 Å². The van der Waals surface area contributed by atoms with E-state index in [-0.39, 0.29) is 10.1 Å². The number of aromatic nitrogens is 2. The van der Waals surface area contributed by atoms with Crippen molar-refractivity contribution in [2.75, 3.05) is 0 Å². The molecule has 1 N–H and O–H groups in total. The molecule has 0 saturated carbocycles. The third-order valence-corrected chi connectivity index (χ3v) is 4.27. The zero-order valence-electron chi connectivity index (χ0n) is 12.4. The summed E-state index contributed by atoms with van der Waals surface area (Å²) in [7, 11) is 0. The lowest BCUT2D eigenvalue weighted by Gasteiger charge is -1.98. The molecule has 122 valence electrons. The van der Waals surface area contributed by atoms with Gasteiger partial charge in [-0.3, -0.25) is 0 Å². The number of aryl methyl sites for hydroxylation is 1. The smallest absolute Gasteiger partial charge is 0.342 e. The molecule has 0 aliphatic carbocycles. The Bertz CT molecular complexity index is 916. The fourth-order valence-electron chi connectivity index (χ4n) is 1.91. The van der Waals surface area contributed by atoms with Crippen LogP contribution >= 0.6 is 27.7 Å². The fraction of sp³-hybridized carbons (Fsp3) is 0.0625. The maximum atomic E-state index is 11.4. The third kappa shape index (κ3) is 3.95. The maximum absolute atomic E-state index is 11.4. The van der Waals surface area contributed by atoms with Gasteiger partial charge < -0.3 is 13.9 Å². The van der Waals surface area contributed by atoms with Crippen molar-refractivity contribution in [2.24, 2.45) is 0 Å². The number of aliphatic carboxylic acids is 1. The van der Waals surface area contributed by atoms with E-state index in [4.69, 9.17) is 8.83 Å². The lowest BCUT2D eigenvalue weighted by molar-refractivity contribution is -0.131. The number of nitrogens with zero attached hydrogens (tertiary/aromatic N) is 2. The summed E-state index contributed by atoms with van der Waals surface area (Å²) in [6.45, 7) is 1.64. The van der Waals surface area contributed by atoms with Crippen molar-refractivity contribution in [3.05, 3.63) is 57.4 Å². The van der Waals surface area contributed by atoms with E-state index in [1.165, 1.54) is 6.08 Å². The van der Waals surface area contributed by atoms with Crippen molar-refractivity contribution in [2.45, 2.75) is 12.1 Å². The third-order valence-electron chi connectivity index (χ3n) is 2.92. The molecule has 0 radical (unpaired) electrons. The molecule has 1 aromatic carbocycles. The summed E-state index contributed by atoms with van der Waals surface area (Å²) in [6, 6.07) is 11.1. The van der Waals surface area contributed by atoms with Crippen molar-refractivity contribution >= 4 is 39.7 Å². The van der Waals surface area contributed by atoms with E-state index >= 15 is 0 Å². The Kier molecular flexibility index (Phi) is 4.86. The topological polar surface area (TPSA) is 89.4 Å². The number of benzene rings is 1. The first-order valence-corrected chi connectivity index (χ1v) is 8.41. The Morgan fingerprint density at radius 1 is 1.25 bits per heavy atom. The second-order valence-electron chi connectivity index (χ2n) is 4.72. The van der Waals surface area contributed by atoms with Gasteiger partial charge >= 0.3 is 5.97 Å². The Labute approximate surface area is 149 Å². The zero-order chi connectivity index (χ0) is 17.1. The highest BCUT2D eigenvalue weighted by Gasteiger charge is 2.15. The molecule has 8 heteroatoms. The summed E-state index contributed by atoms with van der Waals surface area (Å²) < 4.78 is 11.8. The maximum Gasteiger partial charge on any atom is 0.342 e. The predicted molar refractivity (Wildman–Crippen MR) is 92.3 cm³/mol. The fourth-order valence-corrected chi connectivity index (χ4v) is 3.00. The Hall–Kier alpha value is -2.32. The number of hydrogen-bond acceptors (Lipinski definition) is 6. The van der Waals surface area contributed by atoms with Crippen molar-refractivity contribution < 1.29 is 18.7 Å². The van der Waals surface area contributed by atoms with Gasteiger partial charge in [-0.15, -0.1) is 10.2 Å². The number of hydrogen-bond donors (Lipinski definition) is 1. The average Bonchev–Trinajstić information content (AvgIpc) is 3.16. The highest BCUT2D eigenvalue weighted by molar-refractivity contribution is 9.10. The van der Waals surface area contributed by atoms with E-state index in [9.17, 15) is 9.90 Å². The Morgan fingerprint density at radius 3 is 2.75 bits per heavy atom. The van der Waals surface area contributed by atoms with E-state index in [0.29, 0.717) is 17.4 Å². The molecular formula is C16H11BrN2O4S. The lowest BCUT2D eigenvalue weighted by atomic mass is 10.2. The number of carboxylic acids is 1. The monoisotopic (exact) mass is 406 g/mol. The first-order chi connectivity index (χ1) is 11.5. The van der Waals surface area contributed by atoms with Crippen LogP contribution in [0.1, 0.15) is 11.7 Å². The number of halogens is 1. The van der Waals surface area contributed by atoms with E-state index in [1.807, 2.05) is 24.3 Å². The summed E-state index contributed by atoms with van der Waals surface area (Å²) >= 11 is 4.28. The van der Waals surface area contributed by atoms with Crippen LogP contribution in [0.3, 0.4) is 0 Å². The number of carbonyl (C=O) groups is 1. The van der Waals surface area contributed by atoms with Gasteiger partial charge in [-0.2, -0.15) is 0 Å². The first-order valence-electron chi connectivity index (χ1n) is 6.80. The van der Waals surface area contributed by atoms with Crippen molar-refractivity contribution in [1.29, 1.82) is 0 Å². The largest absolute Gasteiger partial charge is 0.477 e.